The van der Waals surface area contributed by atoms with Crippen molar-refractivity contribution in [2.45, 2.75) is 39.0 Å². The lowest BCUT2D eigenvalue weighted by Gasteiger charge is -2.30. The van der Waals surface area contributed by atoms with E-state index in [0.29, 0.717) is 19.4 Å². The van der Waals surface area contributed by atoms with Crippen LogP contribution in [0, 0.1) is 12.8 Å². The van der Waals surface area contributed by atoms with E-state index in [1.807, 2.05) is 37.3 Å². The van der Waals surface area contributed by atoms with Gasteiger partial charge in [-0.3, -0.25) is 9.59 Å². The molecule has 5 heteroatoms. The van der Waals surface area contributed by atoms with Gasteiger partial charge in [-0.1, -0.05) is 23.7 Å². The van der Waals surface area contributed by atoms with E-state index in [4.69, 9.17) is 11.6 Å². The van der Waals surface area contributed by atoms with Crippen LogP contribution >= 0.6 is 11.6 Å². The van der Waals surface area contributed by atoms with Crippen molar-refractivity contribution < 1.29 is 9.59 Å². The average molecular weight is 397 g/mol. The molecule has 1 unspecified atom stereocenters. The number of halogens is 1. The first-order valence-electron chi connectivity index (χ1n) is 9.97. The highest BCUT2D eigenvalue weighted by atomic mass is 35.5. The maximum Gasteiger partial charge on any atom is 0.224 e. The molecule has 0 spiro atoms. The molecule has 1 heterocycles. The first kappa shape index (κ1) is 19.2. The number of nitrogens with one attached hydrogen (secondary N) is 2. The standard InChI is InChI=1S/C23H25ClN2O2/c1-14-12-20-19(8-9-21(27)26-20)22-18(14)7-4-16(23(22)28)13-25-11-10-15-2-5-17(24)6-3-15/h2-3,5-6,12,16,25H,4,7-11,13H2,1H3,(H,26,27). The Balaban J connectivity index is 1.43. The molecule has 28 heavy (non-hydrogen) atoms. The summed E-state index contributed by atoms with van der Waals surface area (Å²) in [6.07, 6.45) is 3.84. The van der Waals surface area contributed by atoms with Crippen LogP contribution in [0.1, 0.15) is 45.5 Å². The van der Waals surface area contributed by atoms with E-state index >= 15 is 0 Å². The highest BCUT2D eigenvalue weighted by Crippen LogP contribution is 2.37. The molecule has 0 fully saturated rings. The Kier molecular flexibility index (Phi) is 5.51. The molecule has 2 aliphatic rings. The van der Waals surface area contributed by atoms with Crippen LogP contribution in [0.5, 0.6) is 0 Å². The van der Waals surface area contributed by atoms with Crippen molar-refractivity contribution in [2.24, 2.45) is 5.92 Å². The van der Waals surface area contributed by atoms with Gasteiger partial charge < -0.3 is 10.6 Å². The second kappa shape index (κ2) is 8.06. The molecule has 1 aliphatic heterocycles. The zero-order valence-electron chi connectivity index (χ0n) is 16.1. The highest BCUT2D eigenvalue weighted by Gasteiger charge is 2.33. The van der Waals surface area contributed by atoms with Crippen LogP contribution in [0.4, 0.5) is 5.69 Å². The molecule has 146 valence electrons. The number of hydrogen-bond donors (Lipinski definition) is 2. The molecule has 4 nitrogen and oxygen atoms in total. The molecule has 2 aromatic carbocycles. The molecule has 0 aromatic heterocycles. The minimum Gasteiger partial charge on any atom is -0.326 e. The van der Waals surface area contributed by atoms with Gasteiger partial charge in [0.1, 0.15) is 0 Å². The minimum absolute atomic E-state index is 0.00115. The van der Waals surface area contributed by atoms with E-state index in [1.165, 1.54) is 11.1 Å². The largest absolute Gasteiger partial charge is 0.326 e. The van der Waals surface area contributed by atoms with E-state index in [9.17, 15) is 9.59 Å². The van der Waals surface area contributed by atoms with Gasteiger partial charge in [0.15, 0.2) is 5.78 Å². The van der Waals surface area contributed by atoms with Gasteiger partial charge in [-0.2, -0.15) is 0 Å². The second-order valence-electron chi connectivity index (χ2n) is 7.80. The summed E-state index contributed by atoms with van der Waals surface area (Å²) in [5, 5.41) is 7.15. The van der Waals surface area contributed by atoms with Gasteiger partial charge in [-0.05, 0) is 79.6 Å². The summed E-state index contributed by atoms with van der Waals surface area (Å²) in [6, 6.07) is 9.92. The fraction of sp³-hybridized carbons (Fsp3) is 0.391. The van der Waals surface area contributed by atoms with E-state index in [0.717, 1.165) is 53.2 Å². The minimum atomic E-state index is 0.00115. The number of ketones is 1. The van der Waals surface area contributed by atoms with Crippen molar-refractivity contribution in [1.29, 1.82) is 0 Å². The molecule has 4 rings (SSSR count). The van der Waals surface area contributed by atoms with Crippen LogP contribution in [0.25, 0.3) is 0 Å². The summed E-state index contributed by atoms with van der Waals surface area (Å²) in [6.45, 7) is 3.57. The van der Waals surface area contributed by atoms with Crippen molar-refractivity contribution in [3.63, 3.8) is 0 Å². The Bertz CT molecular complexity index is 921. The van der Waals surface area contributed by atoms with Crippen molar-refractivity contribution in [1.82, 2.24) is 5.32 Å². The van der Waals surface area contributed by atoms with Crippen molar-refractivity contribution >= 4 is 29.0 Å². The van der Waals surface area contributed by atoms with Crippen LogP contribution in [0.15, 0.2) is 30.3 Å². The number of amides is 1. The zero-order chi connectivity index (χ0) is 19.7. The SMILES string of the molecule is Cc1cc2c(c3c1CCC(CNCCc1ccc(Cl)cc1)C3=O)CCC(=O)N2. The molecular formula is C23H25ClN2O2. The Morgan fingerprint density at radius 3 is 2.68 bits per heavy atom. The van der Waals surface area contributed by atoms with Crippen LogP contribution in [-0.2, 0) is 24.1 Å². The number of hydrogen-bond acceptors (Lipinski definition) is 3. The zero-order valence-corrected chi connectivity index (χ0v) is 16.9. The fourth-order valence-corrected chi connectivity index (χ4v) is 4.48. The third-order valence-corrected chi connectivity index (χ3v) is 6.15. The normalized spacial score (nSPS) is 18.4. The molecular weight excluding hydrogens is 372 g/mol. The summed E-state index contributed by atoms with van der Waals surface area (Å²) >= 11 is 5.93. The van der Waals surface area contributed by atoms with Crippen LogP contribution in [-0.4, -0.2) is 24.8 Å². The monoisotopic (exact) mass is 396 g/mol. The van der Waals surface area contributed by atoms with E-state index in [2.05, 4.69) is 10.6 Å². The molecule has 2 N–H and O–H groups in total. The lowest BCUT2D eigenvalue weighted by molar-refractivity contribution is -0.116. The van der Waals surface area contributed by atoms with E-state index < -0.39 is 0 Å². The predicted octanol–water partition coefficient (Wildman–Crippen LogP) is 4.11. The third-order valence-electron chi connectivity index (χ3n) is 5.90. The molecule has 2 aromatic rings. The van der Waals surface area contributed by atoms with Crippen LogP contribution < -0.4 is 10.6 Å². The Hall–Kier alpha value is -2.17. The first-order valence-corrected chi connectivity index (χ1v) is 10.4. The Morgan fingerprint density at radius 2 is 1.89 bits per heavy atom. The quantitative estimate of drug-likeness (QED) is 0.748. The Labute approximate surface area is 170 Å². The second-order valence-corrected chi connectivity index (χ2v) is 8.24. The number of Topliss-reactive ketones (excluding diaryl/α,β-unsaturated/α-hetero) is 1. The fourth-order valence-electron chi connectivity index (χ4n) is 4.36. The van der Waals surface area contributed by atoms with Gasteiger partial charge in [0.05, 0.1) is 0 Å². The number of rotatable bonds is 5. The predicted molar refractivity (Wildman–Crippen MR) is 112 cm³/mol. The molecule has 0 saturated carbocycles. The average Bonchev–Trinajstić information content (AvgIpc) is 2.68. The van der Waals surface area contributed by atoms with E-state index in [-0.39, 0.29) is 17.6 Å². The van der Waals surface area contributed by atoms with Gasteiger partial charge in [-0.15, -0.1) is 0 Å². The Morgan fingerprint density at radius 1 is 1.11 bits per heavy atom. The molecule has 0 saturated heterocycles. The number of fused-ring (bicyclic) bond motifs is 3. The molecule has 1 amide bonds. The lowest BCUT2D eigenvalue weighted by atomic mass is 9.77. The third kappa shape index (κ3) is 3.85. The number of anilines is 1. The summed E-state index contributed by atoms with van der Waals surface area (Å²) in [5.41, 5.74) is 6.27. The van der Waals surface area contributed by atoms with Gasteiger partial charge in [0, 0.05) is 35.2 Å². The summed E-state index contributed by atoms with van der Waals surface area (Å²) in [7, 11) is 0. The van der Waals surface area contributed by atoms with Crippen molar-refractivity contribution in [2.75, 3.05) is 18.4 Å². The van der Waals surface area contributed by atoms with Crippen LogP contribution in [0.2, 0.25) is 5.02 Å². The number of carbonyl (C=O) groups is 2. The van der Waals surface area contributed by atoms with Gasteiger partial charge in [0.25, 0.3) is 0 Å². The number of benzene rings is 2. The summed E-state index contributed by atoms with van der Waals surface area (Å²) in [5.74, 6) is 0.271. The van der Waals surface area contributed by atoms with Crippen LogP contribution in [0.3, 0.4) is 0 Å². The summed E-state index contributed by atoms with van der Waals surface area (Å²) < 4.78 is 0. The van der Waals surface area contributed by atoms with E-state index in [1.54, 1.807) is 0 Å². The number of carbonyl (C=O) groups excluding carboxylic acids is 2. The van der Waals surface area contributed by atoms with Crippen molar-refractivity contribution in [3.05, 3.63) is 63.2 Å². The summed E-state index contributed by atoms with van der Waals surface area (Å²) in [4.78, 5) is 25.0. The van der Waals surface area contributed by atoms with Gasteiger partial charge in [0.2, 0.25) is 5.91 Å². The highest BCUT2D eigenvalue weighted by molar-refractivity contribution is 6.30. The molecule has 0 bridgehead atoms. The topological polar surface area (TPSA) is 58.2 Å². The lowest BCUT2D eigenvalue weighted by Crippen LogP contribution is -2.35. The van der Waals surface area contributed by atoms with Crippen molar-refractivity contribution in [3.8, 4) is 0 Å². The molecule has 1 aliphatic carbocycles. The first-order chi connectivity index (χ1) is 13.5. The molecule has 1 atom stereocenters. The number of aryl methyl sites for hydroxylation is 1. The maximum absolute atomic E-state index is 13.3. The van der Waals surface area contributed by atoms with Gasteiger partial charge in [-0.25, -0.2) is 0 Å². The maximum atomic E-state index is 13.3. The smallest absolute Gasteiger partial charge is 0.224 e. The molecule has 0 radical (unpaired) electrons. The van der Waals surface area contributed by atoms with Gasteiger partial charge >= 0.3 is 0 Å².